The van der Waals surface area contributed by atoms with Crippen molar-refractivity contribution < 1.29 is 0 Å². The van der Waals surface area contributed by atoms with Gasteiger partial charge in [-0.1, -0.05) is 89.2 Å². The fraction of sp³-hybridized carbons (Fsp3) is 0.424. The molecule has 0 bridgehead atoms. The van der Waals surface area contributed by atoms with Gasteiger partial charge >= 0.3 is 0 Å². The Labute approximate surface area is 606 Å². The minimum absolute atomic E-state index is 0.391. The van der Waals surface area contributed by atoms with E-state index in [2.05, 4.69) is 335 Å². The van der Waals surface area contributed by atoms with E-state index < -0.39 is 0 Å². The third-order valence-corrected chi connectivity index (χ3v) is 18.3. The van der Waals surface area contributed by atoms with Crippen molar-refractivity contribution in [2.75, 3.05) is 31.9 Å². The third-order valence-electron chi connectivity index (χ3n) is 16.4. The van der Waals surface area contributed by atoms with Crippen LogP contribution in [0.2, 0.25) is 0 Å². The quantitative estimate of drug-likeness (QED) is 0.0482. The molecule has 12 rings (SSSR count). The maximum atomic E-state index is 4.47. The fourth-order valence-electron chi connectivity index (χ4n) is 11.3. The van der Waals surface area contributed by atoms with Crippen molar-refractivity contribution in [2.24, 2.45) is 0 Å². The number of rotatable bonds is 18. The van der Waals surface area contributed by atoms with Gasteiger partial charge in [0.15, 0.2) is 0 Å². The molecule has 0 saturated carbocycles. The number of nitrogens with zero attached hydrogens (tertiary/aromatic N) is 7. The Bertz CT molecular complexity index is 4040. The molecule has 6 aromatic heterocycles. The summed E-state index contributed by atoms with van der Waals surface area (Å²) in [4.78, 5) is 30.2. The molecule has 532 valence electrons. The number of thiophene rings is 2. The Morgan fingerprint density at radius 3 is 1.08 bits per heavy atom. The Hall–Kier alpha value is -8.53. The molecule has 0 atom stereocenters. The van der Waals surface area contributed by atoms with Gasteiger partial charge in [0, 0.05) is 89.1 Å². The van der Waals surface area contributed by atoms with Crippen LogP contribution in [0, 0.1) is 0 Å². The fourth-order valence-corrected chi connectivity index (χ4v) is 13.0. The minimum Gasteiger partial charge on any atom is -0.382 e. The highest BCUT2D eigenvalue weighted by molar-refractivity contribution is 7.18. The average Bonchev–Trinajstić information content (AvgIpc) is 1.71. The predicted octanol–water partition coefficient (Wildman–Crippen LogP) is 24.6. The summed E-state index contributed by atoms with van der Waals surface area (Å²) in [5.74, 6) is 3.20. The second-order valence-corrected chi connectivity index (χ2v) is 31.6. The van der Waals surface area contributed by atoms with Gasteiger partial charge in [-0.2, -0.15) is 0 Å². The monoisotopic (exact) mass is 1380 g/mol. The summed E-state index contributed by atoms with van der Waals surface area (Å²) in [7, 11) is 0. The van der Waals surface area contributed by atoms with Gasteiger partial charge in [-0.3, -0.25) is 15.0 Å². The highest BCUT2D eigenvalue weighted by Crippen LogP contribution is 2.36. The maximum Gasteiger partial charge on any atom is 0.116 e. The number of benzene rings is 6. The molecule has 13 nitrogen and oxygen atoms in total. The zero-order valence-corrected chi connectivity index (χ0v) is 65.9. The summed E-state index contributed by atoms with van der Waals surface area (Å²) in [6, 6.07) is 37.8. The third kappa shape index (κ3) is 22.7. The van der Waals surface area contributed by atoms with Crippen molar-refractivity contribution in [3.63, 3.8) is 0 Å². The summed E-state index contributed by atoms with van der Waals surface area (Å²) in [6.45, 7) is 52.4. The minimum atomic E-state index is 0.391. The van der Waals surface area contributed by atoms with E-state index >= 15 is 0 Å². The number of aromatic nitrogens is 7. The van der Waals surface area contributed by atoms with E-state index in [-0.39, 0.29) is 0 Å². The molecule has 15 heteroatoms. The van der Waals surface area contributed by atoms with Crippen LogP contribution in [0.15, 0.2) is 151 Å². The number of anilines is 6. The number of nitrogens with one attached hydrogen (secondary N) is 6. The zero-order valence-electron chi connectivity index (χ0n) is 64.3. The highest BCUT2D eigenvalue weighted by Gasteiger charge is 2.15. The van der Waals surface area contributed by atoms with E-state index in [1.807, 2.05) is 47.3 Å². The molecular weight excluding hydrogens is 1270 g/mol. The van der Waals surface area contributed by atoms with Crippen LogP contribution in [0.3, 0.4) is 0 Å². The molecule has 0 amide bonds. The Morgan fingerprint density at radius 1 is 0.280 bits per heavy atom. The van der Waals surface area contributed by atoms with E-state index in [9.17, 15) is 0 Å². The Balaban J connectivity index is 0.000000169. The van der Waals surface area contributed by atoms with Crippen molar-refractivity contribution in [1.82, 2.24) is 34.9 Å². The second-order valence-electron chi connectivity index (χ2n) is 29.7. The molecule has 100 heavy (non-hydrogen) atoms. The van der Waals surface area contributed by atoms with Crippen molar-refractivity contribution in [2.45, 2.75) is 238 Å². The first-order chi connectivity index (χ1) is 47.5. The molecule has 0 radical (unpaired) electrons. The topological polar surface area (TPSA) is 162 Å². The van der Waals surface area contributed by atoms with Crippen LogP contribution >= 0.6 is 22.7 Å². The van der Waals surface area contributed by atoms with Crippen molar-refractivity contribution in [1.29, 1.82) is 0 Å². The van der Waals surface area contributed by atoms with Crippen molar-refractivity contribution in [3.8, 4) is 0 Å². The van der Waals surface area contributed by atoms with Crippen LogP contribution in [-0.4, -0.2) is 71.1 Å². The second kappa shape index (κ2) is 37.2. The number of pyridine rings is 1. The lowest BCUT2D eigenvalue weighted by atomic mass is 9.99. The Morgan fingerprint density at radius 2 is 0.620 bits per heavy atom. The van der Waals surface area contributed by atoms with Gasteiger partial charge in [0.05, 0.1) is 59.9 Å². The molecule has 0 saturated heterocycles. The summed E-state index contributed by atoms with van der Waals surface area (Å²) >= 11 is 3.63. The lowest BCUT2D eigenvalue weighted by molar-refractivity contribution is 0.863. The first kappa shape index (κ1) is 78.8. The Kier molecular flexibility index (Phi) is 29.3. The van der Waals surface area contributed by atoms with Crippen LogP contribution in [0.4, 0.5) is 34.1 Å². The summed E-state index contributed by atoms with van der Waals surface area (Å²) in [5, 5.41) is 31.4. The summed E-state index contributed by atoms with van der Waals surface area (Å²) in [6.07, 6.45) is 12.3. The normalized spacial score (nSPS) is 11.5. The van der Waals surface area contributed by atoms with Gasteiger partial charge in [-0.25, -0.2) is 19.9 Å². The lowest BCUT2D eigenvalue weighted by Gasteiger charge is -2.15. The van der Waals surface area contributed by atoms with E-state index in [0.29, 0.717) is 71.8 Å². The van der Waals surface area contributed by atoms with Crippen LogP contribution in [0.1, 0.15) is 235 Å². The number of hydrogen-bond donors (Lipinski definition) is 6. The molecular formula is C85H115N13S2. The molecule has 0 unspecified atom stereocenters. The van der Waals surface area contributed by atoms with Gasteiger partial charge in [-0.15, -0.1) is 22.7 Å². The zero-order chi connectivity index (χ0) is 73.1. The molecule has 6 N–H and O–H groups in total. The molecule has 0 aliphatic carbocycles. The van der Waals surface area contributed by atoms with Crippen LogP contribution in [-0.2, 0) is 0 Å². The highest BCUT2D eigenvalue weighted by atomic mass is 32.1. The van der Waals surface area contributed by atoms with Gasteiger partial charge < -0.3 is 31.9 Å². The van der Waals surface area contributed by atoms with Gasteiger partial charge in [0.1, 0.15) is 18.2 Å². The molecule has 6 aromatic carbocycles. The molecule has 0 aliphatic rings. The molecule has 0 spiro atoms. The van der Waals surface area contributed by atoms with Crippen molar-refractivity contribution >= 4 is 121 Å². The summed E-state index contributed by atoms with van der Waals surface area (Å²) in [5.41, 5.74) is 20.1. The smallest absolute Gasteiger partial charge is 0.116 e. The number of fused-ring (bicyclic) bond motifs is 6. The maximum absolute atomic E-state index is 4.47. The van der Waals surface area contributed by atoms with E-state index in [1.54, 1.807) is 25.0 Å². The van der Waals surface area contributed by atoms with Gasteiger partial charge in [-0.05, 0) is 265 Å². The molecule has 0 fully saturated rings. The van der Waals surface area contributed by atoms with Crippen LogP contribution < -0.4 is 31.9 Å². The van der Waals surface area contributed by atoms with E-state index in [1.165, 1.54) is 70.3 Å². The first-order valence-electron chi connectivity index (χ1n) is 36.2. The predicted molar refractivity (Wildman–Crippen MR) is 441 cm³/mol. The lowest BCUT2D eigenvalue weighted by Crippen LogP contribution is -2.11. The molecule has 12 aromatic rings. The SMILES string of the molecule is CC(C)Nc1cc(C(C)C)cc2cccnc12.CC(C)Nc1cc(C(C)C)cc2ccsc12.CC(C)Nc1cc(C(C)C)cc2ccsc12.CC(C)Nc1cc(C(C)C)cc2cncnc12.CC(C)Nc1cc(C(C)C)cc2nccnc12.CC(C)Nc1cc(C(C)C)cc2ncncc12. The first-order valence-corrected chi connectivity index (χ1v) is 37.9. The summed E-state index contributed by atoms with van der Waals surface area (Å²) < 4.78 is 2.75. The van der Waals surface area contributed by atoms with E-state index in [0.717, 1.165) is 61.1 Å². The van der Waals surface area contributed by atoms with Crippen LogP contribution in [0.25, 0.3) is 63.9 Å². The van der Waals surface area contributed by atoms with E-state index in [4.69, 9.17) is 0 Å². The molecule has 6 heterocycles. The van der Waals surface area contributed by atoms with Gasteiger partial charge in [0.2, 0.25) is 0 Å². The van der Waals surface area contributed by atoms with Crippen LogP contribution in [0.5, 0.6) is 0 Å². The largest absolute Gasteiger partial charge is 0.382 e. The molecule has 0 aliphatic heterocycles. The standard InChI is InChI=1S/C15H20N2.3C14H19N3.2C14H19NS/c1-10(2)13-8-12-6-5-7-16-15(12)14(9-13)17-11(3)4;1-9(2)11-5-13-12(7-15-8-16-13)14(6-11)17-10(3)4;1-9(2)11-5-12-7-15-8-16-14(12)13(6-11)17-10(3)4;1-9(2)11-7-12-14(16-6-5-15-12)13(8-11)17-10(3)4;2*1-9(2)12-7-11-5-6-16-14(11)13(8-12)15-10(3)4/h5-11,17H,1-4H3;3*5-10,17H,1-4H3;2*5-10,15H,1-4H3. The van der Waals surface area contributed by atoms with Crippen molar-refractivity contribution in [3.05, 3.63) is 185 Å². The van der Waals surface area contributed by atoms with Gasteiger partial charge in [0.25, 0.3) is 0 Å². The number of hydrogen-bond acceptors (Lipinski definition) is 15. The average molecular weight is 1380 g/mol.